The lowest BCUT2D eigenvalue weighted by atomic mass is 9.81. The Hall–Kier alpha value is -5.21. The maximum absolute atomic E-state index is 4.62. The van der Waals surface area contributed by atoms with Crippen molar-refractivity contribution in [3.05, 3.63) is 163 Å². The number of nitrogens with zero attached hydrogens (tertiary/aromatic N) is 2. The average Bonchev–Trinajstić information content (AvgIpc) is 3.03. The molecule has 0 saturated heterocycles. The predicted molar refractivity (Wildman–Crippen MR) is 175 cm³/mol. The molecule has 41 heavy (non-hydrogen) atoms. The number of allylic oxidation sites excluding steroid dienone is 5. The lowest BCUT2D eigenvalue weighted by Gasteiger charge is -2.27. The smallest absolute Gasteiger partial charge is 0.0723 e. The fraction of sp³-hybridized carbons (Fsp3) is 0.0513. The molecule has 0 saturated carbocycles. The van der Waals surface area contributed by atoms with Crippen molar-refractivity contribution in [2.45, 2.75) is 13.3 Å². The summed E-state index contributed by atoms with van der Waals surface area (Å²) in [6.45, 7) is 6.19. The molecule has 0 aliphatic heterocycles. The minimum absolute atomic E-state index is 0.896. The maximum atomic E-state index is 4.62. The summed E-state index contributed by atoms with van der Waals surface area (Å²) in [5, 5.41) is 4.90. The van der Waals surface area contributed by atoms with Gasteiger partial charge in [0.2, 0.25) is 0 Å². The van der Waals surface area contributed by atoms with Crippen LogP contribution in [0.4, 0.5) is 17.1 Å². The second kappa shape index (κ2) is 10.4. The third-order valence-corrected chi connectivity index (χ3v) is 8.04. The van der Waals surface area contributed by atoms with Crippen LogP contribution in [0.5, 0.6) is 0 Å². The van der Waals surface area contributed by atoms with Crippen molar-refractivity contribution in [1.29, 1.82) is 0 Å². The molecule has 0 unspecified atom stereocenters. The number of aromatic nitrogens is 1. The summed E-state index contributed by atoms with van der Waals surface area (Å²) in [5.41, 5.74) is 10.8. The number of hydrogen-bond donors (Lipinski definition) is 0. The fourth-order valence-corrected chi connectivity index (χ4v) is 6.22. The van der Waals surface area contributed by atoms with Crippen molar-refractivity contribution in [2.24, 2.45) is 0 Å². The number of anilines is 3. The van der Waals surface area contributed by atoms with E-state index in [4.69, 9.17) is 0 Å². The quantitative estimate of drug-likeness (QED) is 0.215. The highest BCUT2D eigenvalue weighted by Crippen LogP contribution is 2.43. The van der Waals surface area contributed by atoms with Crippen molar-refractivity contribution in [3.8, 4) is 11.1 Å². The second-order valence-corrected chi connectivity index (χ2v) is 10.4. The first-order valence-electron chi connectivity index (χ1n) is 14.1. The Morgan fingerprint density at radius 1 is 0.732 bits per heavy atom. The van der Waals surface area contributed by atoms with E-state index < -0.39 is 0 Å². The first-order chi connectivity index (χ1) is 20.3. The molecule has 6 aromatic rings. The molecule has 2 nitrogen and oxygen atoms in total. The zero-order valence-electron chi connectivity index (χ0n) is 23.1. The molecule has 196 valence electrons. The number of pyridine rings is 1. The van der Waals surface area contributed by atoms with Gasteiger partial charge in [-0.3, -0.25) is 4.98 Å². The predicted octanol–water partition coefficient (Wildman–Crippen LogP) is 10.6. The van der Waals surface area contributed by atoms with Gasteiger partial charge in [-0.25, -0.2) is 0 Å². The molecule has 1 aromatic heterocycles. The van der Waals surface area contributed by atoms with Crippen LogP contribution in [0, 0.1) is 0 Å². The van der Waals surface area contributed by atoms with Crippen LogP contribution in [0.1, 0.15) is 18.1 Å². The van der Waals surface area contributed by atoms with E-state index in [-0.39, 0.29) is 0 Å². The second-order valence-electron chi connectivity index (χ2n) is 10.4. The van der Waals surface area contributed by atoms with Gasteiger partial charge in [0.05, 0.1) is 11.9 Å². The Bertz CT molecular complexity index is 1990. The lowest BCUT2D eigenvalue weighted by Crippen LogP contribution is -2.11. The van der Waals surface area contributed by atoms with Gasteiger partial charge in [0.1, 0.15) is 0 Å². The van der Waals surface area contributed by atoms with E-state index >= 15 is 0 Å². The van der Waals surface area contributed by atoms with E-state index in [9.17, 15) is 0 Å². The Balaban J connectivity index is 1.43. The van der Waals surface area contributed by atoms with Gasteiger partial charge in [0.15, 0.2) is 0 Å². The Morgan fingerprint density at radius 2 is 1.49 bits per heavy atom. The minimum atomic E-state index is 0.896. The van der Waals surface area contributed by atoms with Crippen LogP contribution in [0.2, 0.25) is 0 Å². The van der Waals surface area contributed by atoms with Crippen molar-refractivity contribution >= 4 is 44.2 Å². The molecule has 2 heteroatoms. The van der Waals surface area contributed by atoms with Gasteiger partial charge in [0, 0.05) is 28.3 Å². The summed E-state index contributed by atoms with van der Waals surface area (Å²) >= 11 is 0. The maximum Gasteiger partial charge on any atom is 0.0723 e. The monoisotopic (exact) mass is 526 g/mol. The number of para-hydroxylation sites is 1. The standard InChI is InChI=1S/C39H30N2/c1-3-12-33-27(4-2)23-29-15-11-20-36-34(21-22-37(33)39(29)36)28-14-10-18-32(24-28)41(31-16-6-5-7-17-31)38-26-40-25-30-13-8-9-19-35(30)38/h3-22,24-26H,2,23H2,1H3/b12-3-. The molecule has 0 N–H and O–H groups in total. The zero-order chi connectivity index (χ0) is 27.8. The van der Waals surface area contributed by atoms with Crippen molar-refractivity contribution < 1.29 is 0 Å². The van der Waals surface area contributed by atoms with Gasteiger partial charge < -0.3 is 4.90 Å². The van der Waals surface area contributed by atoms with Crippen LogP contribution in [0.25, 0.3) is 38.2 Å². The summed E-state index contributed by atoms with van der Waals surface area (Å²) in [7, 11) is 0. The Kier molecular flexibility index (Phi) is 6.29. The van der Waals surface area contributed by atoms with Gasteiger partial charge in [-0.2, -0.15) is 0 Å². The molecule has 0 fully saturated rings. The first-order valence-corrected chi connectivity index (χ1v) is 14.1. The zero-order valence-corrected chi connectivity index (χ0v) is 23.1. The molecule has 0 radical (unpaired) electrons. The Labute approximate surface area is 241 Å². The van der Waals surface area contributed by atoms with E-state index in [0.29, 0.717) is 0 Å². The lowest BCUT2D eigenvalue weighted by molar-refractivity contribution is 1.20. The SMILES string of the molecule is C=CC1=C(/C=C\C)c2ccc(-c3cccc(N(c4ccccc4)c4cncc5ccccc45)c3)c3cccc(c23)C1. The summed E-state index contributed by atoms with van der Waals surface area (Å²) in [6, 6.07) is 39.1. The molecule has 1 heterocycles. The molecule has 0 amide bonds. The summed E-state index contributed by atoms with van der Waals surface area (Å²) in [6.07, 6.45) is 11.1. The van der Waals surface area contributed by atoms with Crippen molar-refractivity contribution in [2.75, 3.05) is 4.90 Å². The largest absolute Gasteiger partial charge is 0.308 e. The molecule has 0 spiro atoms. The van der Waals surface area contributed by atoms with E-state index in [1.54, 1.807) is 0 Å². The van der Waals surface area contributed by atoms with Crippen molar-refractivity contribution in [1.82, 2.24) is 4.98 Å². The molecule has 0 bridgehead atoms. The van der Waals surface area contributed by atoms with E-state index in [1.807, 2.05) is 18.5 Å². The molecule has 5 aromatic carbocycles. The summed E-state index contributed by atoms with van der Waals surface area (Å²) in [4.78, 5) is 6.93. The first kappa shape index (κ1) is 24.8. The number of rotatable bonds is 6. The minimum Gasteiger partial charge on any atom is -0.308 e. The van der Waals surface area contributed by atoms with E-state index in [0.717, 1.165) is 28.9 Å². The molecule has 1 aliphatic carbocycles. The van der Waals surface area contributed by atoms with Crippen LogP contribution in [0.3, 0.4) is 0 Å². The van der Waals surface area contributed by atoms with Gasteiger partial charge in [-0.05, 0) is 81.8 Å². The van der Waals surface area contributed by atoms with Crippen LogP contribution < -0.4 is 4.90 Å². The highest BCUT2D eigenvalue weighted by molar-refractivity contribution is 6.08. The van der Waals surface area contributed by atoms with Crippen LogP contribution >= 0.6 is 0 Å². The number of hydrogen-bond acceptors (Lipinski definition) is 2. The average molecular weight is 527 g/mol. The molecule has 1 aliphatic rings. The van der Waals surface area contributed by atoms with Crippen molar-refractivity contribution in [3.63, 3.8) is 0 Å². The van der Waals surface area contributed by atoms with Gasteiger partial charge >= 0.3 is 0 Å². The van der Waals surface area contributed by atoms with Gasteiger partial charge in [-0.1, -0.05) is 110 Å². The topological polar surface area (TPSA) is 16.1 Å². The number of fused-ring (bicyclic) bond motifs is 1. The number of benzene rings is 5. The third kappa shape index (κ3) is 4.25. The third-order valence-electron chi connectivity index (χ3n) is 8.04. The highest BCUT2D eigenvalue weighted by atomic mass is 15.1. The molecular formula is C39H30N2. The Morgan fingerprint density at radius 3 is 2.34 bits per heavy atom. The van der Waals surface area contributed by atoms with E-state index in [1.165, 1.54) is 49.6 Å². The van der Waals surface area contributed by atoms with Gasteiger partial charge in [-0.15, -0.1) is 0 Å². The summed E-state index contributed by atoms with van der Waals surface area (Å²) in [5.74, 6) is 0. The highest BCUT2D eigenvalue weighted by Gasteiger charge is 2.21. The van der Waals surface area contributed by atoms with Crippen LogP contribution in [-0.2, 0) is 6.42 Å². The van der Waals surface area contributed by atoms with Gasteiger partial charge in [0.25, 0.3) is 0 Å². The fourth-order valence-electron chi connectivity index (χ4n) is 6.22. The van der Waals surface area contributed by atoms with Crippen LogP contribution in [0.15, 0.2) is 152 Å². The molecule has 0 atom stereocenters. The molecular weight excluding hydrogens is 496 g/mol. The van der Waals surface area contributed by atoms with Crippen LogP contribution in [-0.4, -0.2) is 4.98 Å². The van der Waals surface area contributed by atoms with E-state index in [2.05, 4.69) is 145 Å². The normalized spacial score (nSPS) is 12.8. The summed E-state index contributed by atoms with van der Waals surface area (Å²) < 4.78 is 0. The molecule has 7 rings (SSSR count).